The molecule has 4 nitrogen and oxygen atoms in total. The van der Waals surface area contributed by atoms with Crippen molar-refractivity contribution in [3.05, 3.63) is 51.5 Å². The molecule has 0 aliphatic heterocycles. The minimum Gasteiger partial charge on any atom is -0.357 e. The van der Waals surface area contributed by atoms with E-state index < -0.39 is 11.6 Å². The van der Waals surface area contributed by atoms with Gasteiger partial charge >= 0.3 is 0 Å². The first kappa shape index (κ1) is 18.3. The minimum absolute atomic E-state index is 0.518. The van der Waals surface area contributed by atoms with Crippen LogP contribution in [0.15, 0.2) is 28.6 Å². The summed E-state index contributed by atoms with van der Waals surface area (Å²) in [7, 11) is 0. The van der Waals surface area contributed by atoms with Crippen LogP contribution in [-0.2, 0) is 12.8 Å². The minimum atomic E-state index is -0.552. The van der Waals surface area contributed by atoms with E-state index in [0.29, 0.717) is 31.0 Å². The van der Waals surface area contributed by atoms with Gasteiger partial charge in [0.15, 0.2) is 5.96 Å². The third-order valence-corrected chi connectivity index (χ3v) is 4.10. The number of hydrogen-bond acceptors (Lipinski definition) is 3. The number of nitrogens with one attached hydrogen (secondary N) is 2. The van der Waals surface area contributed by atoms with Crippen molar-refractivity contribution in [1.82, 2.24) is 15.6 Å². The third kappa shape index (κ3) is 6.23. The molecule has 0 bridgehead atoms. The average molecular weight is 352 g/mol. The van der Waals surface area contributed by atoms with Crippen molar-refractivity contribution >= 4 is 17.3 Å². The van der Waals surface area contributed by atoms with Crippen molar-refractivity contribution in [1.29, 1.82) is 0 Å². The zero-order chi connectivity index (χ0) is 17.4. The SMILES string of the molecule is CCNC(=NCCc1csc(C)n1)NCCc1cc(F)cc(F)c1. The van der Waals surface area contributed by atoms with Crippen LogP contribution in [0.1, 0.15) is 23.2 Å². The number of hydrogen-bond donors (Lipinski definition) is 2. The predicted molar refractivity (Wildman–Crippen MR) is 94.6 cm³/mol. The molecule has 0 saturated heterocycles. The van der Waals surface area contributed by atoms with Gasteiger partial charge in [-0.2, -0.15) is 0 Å². The second-order valence-corrected chi connectivity index (χ2v) is 6.39. The lowest BCUT2D eigenvalue weighted by atomic mass is 10.1. The third-order valence-electron chi connectivity index (χ3n) is 3.28. The first-order valence-corrected chi connectivity index (χ1v) is 8.83. The maximum atomic E-state index is 13.2. The van der Waals surface area contributed by atoms with Crippen LogP contribution in [0.25, 0.3) is 0 Å². The zero-order valence-electron chi connectivity index (χ0n) is 13.9. The van der Waals surface area contributed by atoms with E-state index in [4.69, 9.17) is 0 Å². The number of thiazole rings is 1. The summed E-state index contributed by atoms with van der Waals surface area (Å²) < 4.78 is 26.3. The molecule has 7 heteroatoms. The smallest absolute Gasteiger partial charge is 0.191 e. The second kappa shape index (κ2) is 9.32. The molecule has 0 amide bonds. The molecule has 0 aliphatic carbocycles. The summed E-state index contributed by atoms with van der Waals surface area (Å²) in [6, 6.07) is 3.57. The van der Waals surface area contributed by atoms with Crippen molar-refractivity contribution in [3.63, 3.8) is 0 Å². The molecule has 0 saturated carbocycles. The lowest BCUT2D eigenvalue weighted by Crippen LogP contribution is -2.38. The Morgan fingerprint density at radius 2 is 1.92 bits per heavy atom. The number of aromatic nitrogens is 1. The summed E-state index contributed by atoms with van der Waals surface area (Å²) in [5, 5.41) is 9.43. The Kier molecular flexibility index (Phi) is 7.11. The number of nitrogens with zero attached hydrogens (tertiary/aromatic N) is 2. The van der Waals surface area contributed by atoms with Gasteiger partial charge in [0.25, 0.3) is 0 Å². The molecule has 0 radical (unpaired) electrons. The van der Waals surface area contributed by atoms with Gasteiger partial charge in [-0.1, -0.05) is 0 Å². The number of guanidine groups is 1. The van der Waals surface area contributed by atoms with E-state index in [2.05, 4.69) is 20.6 Å². The Balaban J connectivity index is 1.82. The van der Waals surface area contributed by atoms with Gasteiger partial charge in [0.2, 0.25) is 0 Å². The van der Waals surface area contributed by atoms with Gasteiger partial charge in [-0.3, -0.25) is 4.99 Å². The lowest BCUT2D eigenvalue weighted by molar-refractivity contribution is 0.579. The van der Waals surface area contributed by atoms with Gasteiger partial charge in [0, 0.05) is 37.5 Å². The van der Waals surface area contributed by atoms with Crippen molar-refractivity contribution in [2.24, 2.45) is 4.99 Å². The standard InChI is InChI=1S/C17H22F2N4S/c1-3-20-17(22-7-5-16-11-24-12(2)23-16)21-6-4-13-8-14(18)10-15(19)9-13/h8-11H,3-7H2,1-2H3,(H2,20,21,22). The number of aliphatic imine (C=N–C) groups is 1. The van der Waals surface area contributed by atoms with E-state index in [1.807, 2.05) is 19.2 Å². The van der Waals surface area contributed by atoms with Crippen LogP contribution < -0.4 is 10.6 Å². The largest absolute Gasteiger partial charge is 0.357 e. The van der Waals surface area contributed by atoms with Gasteiger partial charge in [0.1, 0.15) is 11.6 Å². The summed E-state index contributed by atoms with van der Waals surface area (Å²) in [4.78, 5) is 8.90. The summed E-state index contributed by atoms with van der Waals surface area (Å²) in [6.07, 6.45) is 1.31. The maximum Gasteiger partial charge on any atom is 0.191 e. The first-order chi connectivity index (χ1) is 11.6. The molecule has 2 N–H and O–H groups in total. The van der Waals surface area contributed by atoms with Crippen LogP contribution in [-0.4, -0.2) is 30.6 Å². The fourth-order valence-electron chi connectivity index (χ4n) is 2.23. The molecule has 1 heterocycles. The normalized spacial score (nSPS) is 11.6. The molecule has 0 spiro atoms. The highest BCUT2D eigenvalue weighted by Crippen LogP contribution is 2.09. The van der Waals surface area contributed by atoms with Crippen LogP contribution in [0.4, 0.5) is 8.78 Å². The van der Waals surface area contributed by atoms with Crippen molar-refractivity contribution in [3.8, 4) is 0 Å². The lowest BCUT2D eigenvalue weighted by Gasteiger charge is -2.11. The Hall–Kier alpha value is -2.02. The number of rotatable bonds is 7. The molecule has 2 aromatic rings. The molecule has 1 aromatic carbocycles. The molecule has 1 aromatic heterocycles. The highest BCUT2D eigenvalue weighted by atomic mass is 32.1. The molecule has 0 fully saturated rings. The summed E-state index contributed by atoms with van der Waals surface area (Å²) in [6.45, 7) is 5.90. The fraction of sp³-hybridized carbons (Fsp3) is 0.412. The summed E-state index contributed by atoms with van der Waals surface area (Å²) >= 11 is 1.64. The maximum absolute atomic E-state index is 13.2. The number of benzene rings is 1. The van der Waals surface area contributed by atoms with Crippen molar-refractivity contribution in [2.45, 2.75) is 26.7 Å². The summed E-state index contributed by atoms with van der Waals surface area (Å²) in [5.41, 5.74) is 1.67. The van der Waals surface area contributed by atoms with E-state index >= 15 is 0 Å². The Bertz CT molecular complexity index is 665. The van der Waals surface area contributed by atoms with Gasteiger partial charge in [-0.05, 0) is 38.0 Å². The fourth-order valence-corrected chi connectivity index (χ4v) is 2.87. The Labute approximate surface area is 145 Å². The molecule has 24 heavy (non-hydrogen) atoms. The van der Waals surface area contributed by atoms with E-state index in [1.54, 1.807) is 11.3 Å². The topological polar surface area (TPSA) is 49.3 Å². The van der Waals surface area contributed by atoms with Gasteiger partial charge in [-0.25, -0.2) is 13.8 Å². The van der Waals surface area contributed by atoms with Gasteiger partial charge < -0.3 is 10.6 Å². The van der Waals surface area contributed by atoms with Crippen LogP contribution in [0.2, 0.25) is 0 Å². The highest BCUT2D eigenvalue weighted by Gasteiger charge is 2.03. The van der Waals surface area contributed by atoms with E-state index in [1.165, 1.54) is 12.1 Å². The van der Waals surface area contributed by atoms with Crippen LogP contribution in [0.3, 0.4) is 0 Å². The second-order valence-electron chi connectivity index (χ2n) is 5.32. The van der Waals surface area contributed by atoms with Crippen LogP contribution in [0, 0.1) is 18.6 Å². The van der Waals surface area contributed by atoms with E-state index in [0.717, 1.165) is 29.7 Å². The Morgan fingerprint density at radius 3 is 2.54 bits per heavy atom. The van der Waals surface area contributed by atoms with Crippen molar-refractivity contribution in [2.75, 3.05) is 19.6 Å². The molecule has 2 rings (SSSR count). The highest BCUT2D eigenvalue weighted by molar-refractivity contribution is 7.09. The molecule has 0 atom stereocenters. The number of halogens is 2. The Morgan fingerprint density at radius 1 is 1.17 bits per heavy atom. The summed E-state index contributed by atoms with van der Waals surface area (Å²) in [5.74, 6) is -0.408. The molecular formula is C17H22F2N4S. The average Bonchev–Trinajstić information content (AvgIpc) is 2.92. The monoisotopic (exact) mass is 352 g/mol. The van der Waals surface area contributed by atoms with E-state index in [9.17, 15) is 8.78 Å². The molecule has 0 aliphatic rings. The zero-order valence-corrected chi connectivity index (χ0v) is 14.7. The van der Waals surface area contributed by atoms with Gasteiger partial charge in [-0.15, -0.1) is 11.3 Å². The molecule has 0 unspecified atom stereocenters. The van der Waals surface area contributed by atoms with Gasteiger partial charge in [0.05, 0.1) is 10.7 Å². The van der Waals surface area contributed by atoms with E-state index in [-0.39, 0.29) is 0 Å². The quantitative estimate of drug-likeness (QED) is 0.595. The van der Waals surface area contributed by atoms with Crippen LogP contribution in [0.5, 0.6) is 0 Å². The first-order valence-electron chi connectivity index (χ1n) is 7.95. The van der Waals surface area contributed by atoms with Crippen LogP contribution >= 0.6 is 11.3 Å². The molecule has 130 valence electrons. The predicted octanol–water partition coefficient (Wildman–Crippen LogP) is 3.07. The van der Waals surface area contributed by atoms with Crippen molar-refractivity contribution < 1.29 is 8.78 Å². The number of aryl methyl sites for hydroxylation is 1. The molecular weight excluding hydrogens is 330 g/mol.